The molecule has 3 heteroatoms. The van der Waals surface area contributed by atoms with Gasteiger partial charge in [0.15, 0.2) is 0 Å². The summed E-state index contributed by atoms with van der Waals surface area (Å²) in [6, 6.07) is 0. The molecular weight excluding hydrogens is 166 g/mol. The summed E-state index contributed by atoms with van der Waals surface area (Å²) in [5, 5.41) is 12.2. The Labute approximate surface area is 80.5 Å². The Morgan fingerprint density at radius 3 is 2.85 bits per heavy atom. The van der Waals surface area contributed by atoms with E-state index in [0.717, 1.165) is 19.6 Å². The molecule has 78 valence electrons. The van der Waals surface area contributed by atoms with E-state index < -0.39 is 0 Å². The Bertz CT molecular complexity index is 142. The molecule has 1 saturated heterocycles. The van der Waals surface area contributed by atoms with Crippen molar-refractivity contribution < 1.29 is 9.84 Å². The van der Waals surface area contributed by atoms with Gasteiger partial charge in [0.2, 0.25) is 0 Å². The Balaban J connectivity index is 2.15. The Hall–Kier alpha value is -0.120. The highest BCUT2D eigenvalue weighted by Gasteiger charge is 2.20. The molecule has 3 nitrogen and oxygen atoms in total. The predicted molar refractivity (Wildman–Crippen MR) is 52.8 cm³/mol. The molecule has 0 spiro atoms. The summed E-state index contributed by atoms with van der Waals surface area (Å²) >= 11 is 0. The molecular formula is C10H21NO2. The average molecular weight is 187 g/mol. The summed E-state index contributed by atoms with van der Waals surface area (Å²) in [6.07, 6.45) is 3.53. The molecule has 0 aliphatic carbocycles. The van der Waals surface area contributed by atoms with E-state index in [2.05, 4.69) is 19.2 Å². The molecule has 13 heavy (non-hydrogen) atoms. The van der Waals surface area contributed by atoms with Crippen molar-refractivity contribution in [3.05, 3.63) is 0 Å². The summed E-state index contributed by atoms with van der Waals surface area (Å²) < 4.78 is 5.50. The molecule has 1 heterocycles. The Kier molecular flexibility index (Phi) is 4.16. The fourth-order valence-electron chi connectivity index (χ4n) is 1.56. The van der Waals surface area contributed by atoms with Crippen LogP contribution >= 0.6 is 0 Å². The van der Waals surface area contributed by atoms with Gasteiger partial charge >= 0.3 is 0 Å². The zero-order valence-electron chi connectivity index (χ0n) is 8.68. The quantitative estimate of drug-likeness (QED) is 0.672. The smallest absolute Gasteiger partial charge is 0.0700 e. The minimum atomic E-state index is 0.0285. The third-order valence-corrected chi connectivity index (χ3v) is 2.57. The van der Waals surface area contributed by atoms with Crippen LogP contribution in [0.15, 0.2) is 0 Å². The molecule has 0 bridgehead atoms. The van der Waals surface area contributed by atoms with Crippen LogP contribution in [0.1, 0.15) is 33.1 Å². The highest BCUT2D eigenvalue weighted by atomic mass is 16.5. The Morgan fingerprint density at radius 2 is 2.31 bits per heavy atom. The normalized spacial score (nSPS) is 23.8. The van der Waals surface area contributed by atoms with Crippen LogP contribution in [0.5, 0.6) is 0 Å². The Morgan fingerprint density at radius 1 is 1.54 bits per heavy atom. The van der Waals surface area contributed by atoms with Gasteiger partial charge in [-0.15, -0.1) is 0 Å². The van der Waals surface area contributed by atoms with Gasteiger partial charge in [0.05, 0.1) is 6.10 Å². The maximum Gasteiger partial charge on any atom is 0.0700 e. The van der Waals surface area contributed by atoms with E-state index in [1.54, 1.807) is 0 Å². The minimum Gasteiger partial charge on any atom is -0.396 e. The number of ether oxygens (including phenoxy) is 1. The van der Waals surface area contributed by atoms with E-state index in [9.17, 15) is 0 Å². The number of aliphatic hydroxyl groups is 1. The van der Waals surface area contributed by atoms with Crippen LogP contribution < -0.4 is 5.32 Å². The van der Waals surface area contributed by atoms with Gasteiger partial charge in [-0.3, -0.25) is 0 Å². The van der Waals surface area contributed by atoms with Crippen molar-refractivity contribution in [3.8, 4) is 0 Å². The van der Waals surface area contributed by atoms with E-state index in [1.807, 2.05) is 0 Å². The molecule has 1 atom stereocenters. The van der Waals surface area contributed by atoms with Gasteiger partial charge in [-0.05, 0) is 33.1 Å². The van der Waals surface area contributed by atoms with Crippen LogP contribution in [0.25, 0.3) is 0 Å². The predicted octanol–water partition coefficient (Wildman–Crippen LogP) is 0.916. The topological polar surface area (TPSA) is 41.5 Å². The fraction of sp³-hybridized carbons (Fsp3) is 1.00. The van der Waals surface area contributed by atoms with Crippen molar-refractivity contribution in [1.82, 2.24) is 5.32 Å². The average Bonchev–Trinajstić information content (AvgIpc) is 2.52. The zero-order valence-corrected chi connectivity index (χ0v) is 8.68. The number of hydrogen-bond donors (Lipinski definition) is 2. The van der Waals surface area contributed by atoms with Crippen molar-refractivity contribution in [1.29, 1.82) is 0 Å². The third kappa shape index (κ3) is 4.07. The number of rotatable bonds is 5. The lowest BCUT2D eigenvalue weighted by molar-refractivity contribution is 0.0999. The van der Waals surface area contributed by atoms with Crippen molar-refractivity contribution in [2.75, 3.05) is 19.8 Å². The summed E-state index contributed by atoms with van der Waals surface area (Å²) in [7, 11) is 0. The molecule has 0 aromatic carbocycles. The van der Waals surface area contributed by atoms with Gasteiger partial charge in [0, 0.05) is 25.3 Å². The third-order valence-electron chi connectivity index (χ3n) is 2.57. The fourth-order valence-corrected chi connectivity index (χ4v) is 1.56. The first-order chi connectivity index (χ1) is 6.14. The van der Waals surface area contributed by atoms with Gasteiger partial charge in [-0.2, -0.15) is 0 Å². The van der Waals surface area contributed by atoms with Crippen molar-refractivity contribution in [2.45, 2.75) is 44.8 Å². The molecule has 0 radical (unpaired) electrons. The second-order valence-electron chi connectivity index (χ2n) is 4.37. The highest BCUT2D eigenvalue weighted by Crippen LogP contribution is 2.13. The van der Waals surface area contributed by atoms with Gasteiger partial charge in [0.1, 0.15) is 0 Å². The summed E-state index contributed by atoms with van der Waals surface area (Å²) in [5.41, 5.74) is 0.0285. The molecule has 1 fully saturated rings. The van der Waals surface area contributed by atoms with Crippen LogP contribution in [0, 0.1) is 0 Å². The van der Waals surface area contributed by atoms with Gasteiger partial charge in [-0.1, -0.05) is 0 Å². The lowest BCUT2D eigenvalue weighted by Crippen LogP contribution is -2.43. The lowest BCUT2D eigenvalue weighted by Gasteiger charge is -2.27. The monoisotopic (exact) mass is 187 g/mol. The molecule has 1 aliphatic rings. The van der Waals surface area contributed by atoms with E-state index >= 15 is 0 Å². The van der Waals surface area contributed by atoms with Gasteiger partial charge in [0.25, 0.3) is 0 Å². The first-order valence-corrected chi connectivity index (χ1v) is 5.11. The molecule has 0 amide bonds. The first-order valence-electron chi connectivity index (χ1n) is 5.11. The van der Waals surface area contributed by atoms with E-state index in [0.29, 0.717) is 6.10 Å². The van der Waals surface area contributed by atoms with Crippen LogP contribution in [0.2, 0.25) is 0 Å². The van der Waals surface area contributed by atoms with Crippen LogP contribution in [0.3, 0.4) is 0 Å². The van der Waals surface area contributed by atoms with Gasteiger partial charge in [-0.25, -0.2) is 0 Å². The number of aliphatic hydroxyl groups excluding tert-OH is 1. The molecule has 1 rings (SSSR count). The second-order valence-corrected chi connectivity index (χ2v) is 4.37. The van der Waals surface area contributed by atoms with Crippen molar-refractivity contribution in [2.24, 2.45) is 0 Å². The summed E-state index contributed by atoms with van der Waals surface area (Å²) in [6.45, 7) is 6.28. The van der Waals surface area contributed by atoms with Crippen molar-refractivity contribution >= 4 is 0 Å². The molecule has 0 saturated carbocycles. The number of hydrogen-bond acceptors (Lipinski definition) is 3. The van der Waals surface area contributed by atoms with Crippen LogP contribution in [0.4, 0.5) is 0 Å². The largest absolute Gasteiger partial charge is 0.396 e. The second kappa shape index (κ2) is 4.94. The SMILES string of the molecule is CC(C)(CCO)NCC1CCCO1. The van der Waals surface area contributed by atoms with E-state index in [1.165, 1.54) is 12.8 Å². The maximum atomic E-state index is 8.82. The molecule has 1 unspecified atom stereocenters. The number of nitrogens with one attached hydrogen (secondary N) is 1. The zero-order chi connectivity index (χ0) is 9.73. The first kappa shape index (κ1) is 11.0. The molecule has 2 N–H and O–H groups in total. The van der Waals surface area contributed by atoms with Crippen molar-refractivity contribution in [3.63, 3.8) is 0 Å². The standard InChI is InChI=1S/C10H21NO2/c1-10(2,5-6-12)11-8-9-4-3-7-13-9/h9,11-12H,3-8H2,1-2H3. The highest BCUT2D eigenvalue weighted by molar-refractivity contribution is 4.79. The van der Waals surface area contributed by atoms with E-state index in [-0.39, 0.29) is 12.1 Å². The van der Waals surface area contributed by atoms with E-state index in [4.69, 9.17) is 9.84 Å². The van der Waals surface area contributed by atoms with Crippen LogP contribution in [-0.2, 0) is 4.74 Å². The maximum absolute atomic E-state index is 8.82. The van der Waals surface area contributed by atoms with Crippen LogP contribution in [-0.4, -0.2) is 36.5 Å². The minimum absolute atomic E-state index is 0.0285. The molecule has 1 aliphatic heterocycles. The summed E-state index contributed by atoms with van der Waals surface area (Å²) in [4.78, 5) is 0. The summed E-state index contributed by atoms with van der Waals surface area (Å²) in [5.74, 6) is 0. The molecule has 0 aromatic rings. The van der Waals surface area contributed by atoms with Gasteiger partial charge < -0.3 is 15.2 Å². The molecule has 0 aromatic heterocycles. The lowest BCUT2D eigenvalue weighted by atomic mass is 10.0.